The first kappa shape index (κ1) is 19.2. The van der Waals surface area contributed by atoms with Crippen molar-refractivity contribution in [3.63, 3.8) is 0 Å². The molecular weight excluding hydrogens is 352 g/mol. The maximum atomic E-state index is 12.0. The zero-order valence-electron chi connectivity index (χ0n) is 15.5. The monoisotopic (exact) mass is 380 g/mol. The molecule has 6 nitrogen and oxygen atoms in total. The summed E-state index contributed by atoms with van der Waals surface area (Å²) in [6.07, 6.45) is 3.14. The van der Waals surface area contributed by atoms with Crippen LogP contribution in [0.15, 0.2) is 24.3 Å². The number of hydrogen-bond acceptors (Lipinski definition) is 4. The summed E-state index contributed by atoms with van der Waals surface area (Å²) in [5.74, 6) is 1.49. The second-order valence-electron chi connectivity index (χ2n) is 7.30. The lowest BCUT2D eigenvalue weighted by Gasteiger charge is -2.38. The fourth-order valence-electron chi connectivity index (χ4n) is 3.41. The summed E-state index contributed by atoms with van der Waals surface area (Å²) in [7, 11) is -3.29. The van der Waals surface area contributed by atoms with Crippen LogP contribution in [0.25, 0.3) is 0 Å². The highest BCUT2D eigenvalue weighted by molar-refractivity contribution is 7.89. The second-order valence-corrected chi connectivity index (χ2v) is 9.34. The summed E-state index contributed by atoms with van der Waals surface area (Å²) < 4.78 is 32.7. The lowest BCUT2D eigenvalue weighted by Crippen LogP contribution is -2.53. The molecule has 0 bridgehead atoms. The van der Waals surface area contributed by atoms with Crippen molar-refractivity contribution in [3.8, 4) is 5.75 Å². The highest BCUT2D eigenvalue weighted by Crippen LogP contribution is 2.40. The van der Waals surface area contributed by atoms with E-state index >= 15 is 0 Å². The summed E-state index contributed by atoms with van der Waals surface area (Å²) in [6, 6.07) is 7.95. The smallest absolute Gasteiger partial charge is 0.219 e. The normalized spacial score (nSPS) is 23.7. The van der Waals surface area contributed by atoms with Crippen molar-refractivity contribution in [1.29, 1.82) is 0 Å². The van der Waals surface area contributed by atoms with Crippen LogP contribution >= 0.6 is 0 Å². The van der Waals surface area contributed by atoms with Crippen molar-refractivity contribution in [1.82, 2.24) is 9.62 Å². The molecule has 3 rings (SSSR count). The summed E-state index contributed by atoms with van der Waals surface area (Å²) in [4.78, 5) is 13.5. The molecule has 0 radical (unpaired) electrons. The molecule has 1 saturated carbocycles. The Labute approximate surface area is 156 Å². The van der Waals surface area contributed by atoms with Crippen molar-refractivity contribution in [2.75, 3.05) is 25.4 Å². The fourth-order valence-corrected chi connectivity index (χ4v) is 4.35. The number of carbonyl (C=O) groups excluding carboxylic acids is 1. The maximum absolute atomic E-state index is 12.0. The van der Waals surface area contributed by atoms with Crippen molar-refractivity contribution < 1.29 is 17.9 Å². The third-order valence-corrected chi connectivity index (χ3v) is 6.71. The molecule has 2 aliphatic rings. The molecule has 2 unspecified atom stereocenters. The van der Waals surface area contributed by atoms with Gasteiger partial charge in [0.15, 0.2) is 0 Å². The van der Waals surface area contributed by atoms with E-state index in [1.54, 1.807) is 18.7 Å². The number of nitrogens with zero attached hydrogens (tertiary/aromatic N) is 1. The molecule has 2 fully saturated rings. The van der Waals surface area contributed by atoms with Gasteiger partial charge in [0.05, 0.1) is 12.4 Å². The van der Waals surface area contributed by atoms with Crippen LogP contribution in [0.1, 0.15) is 44.6 Å². The molecule has 1 amide bonds. The number of amides is 1. The van der Waals surface area contributed by atoms with Crippen LogP contribution in [0.2, 0.25) is 0 Å². The SMILES string of the molecule is CCS(=O)(=O)NC1CCN(C(C)=O)CC1COc1ccc(C2CC2)cc1. The van der Waals surface area contributed by atoms with E-state index in [0.717, 1.165) is 5.75 Å². The van der Waals surface area contributed by atoms with E-state index in [1.165, 1.54) is 18.4 Å². The first-order chi connectivity index (χ1) is 12.4. The number of sulfonamides is 1. The number of carbonyl (C=O) groups is 1. The Kier molecular flexibility index (Phi) is 5.87. The number of ether oxygens (including phenoxy) is 1. The average molecular weight is 381 g/mol. The lowest BCUT2D eigenvalue weighted by atomic mass is 9.93. The van der Waals surface area contributed by atoms with Gasteiger partial charge in [0, 0.05) is 32.0 Å². The zero-order chi connectivity index (χ0) is 18.7. The molecule has 1 N–H and O–H groups in total. The van der Waals surface area contributed by atoms with Crippen LogP contribution in [-0.2, 0) is 14.8 Å². The Morgan fingerprint density at radius 3 is 2.50 bits per heavy atom. The van der Waals surface area contributed by atoms with Crippen LogP contribution in [-0.4, -0.2) is 50.7 Å². The van der Waals surface area contributed by atoms with Crippen LogP contribution in [0.5, 0.6) is 5.75 Å². The molecule has 1 aliphatic carbocycles. The van der Waals surface area contributed by atoms with E-state index in [2.05, 4.69) is 16.9 Å². The molecular formula is C19H28N2O4S. The molecule has 1 heterocycles. The van der Waals surface area contributed by atoms with E-state index < -0.39 is 10.0 Å². The zero-order valence-corrected chi connectivity index (χ0v) is 16.3. The van der Waals surface area contributed by atoms with Crippen molar-refractivity contribution >= 4 is 15.9 Å². The van der Waals surface area contributed by atoms with Gasteiger partial charge in [-0.3, -0.25) is 4.79 Å². The standard InChI is InChI=1S/C19H28N2O4S/c1-3-26(23,24)20-19-10-11-21(14(2)22)12-17(19)13-25-18-8-6-16(7-9-18)15-4-5-15/h6-9,15,17,19-20H,3-5,10-13H2,1-2H3. The van der Waals surface area contributed by atoms with Gasteiger partial charge in [0.25, 0.3) is 0 Å². The van der Waals surface area contributed by atoms with Gasteiger partial charge in [-0.15, -0.1) is 0 Å². The minimum Gasteiger partial charge on any atom is -0.493 e. The Morgan fingerprint density at radius 1 is 1.23 bits per heavy atom. The van der Waals surface area contributed by atoms with E-state index in [4.69, 9.17) is 4.74 Å². The van der Waals surface area contributed by atoms with Gasteiger partial charge >= 0.3 is 0 Å². The minimum absolute atomic E-state index is 0.0144. The van der Waals surface area contributed by atoms with Gasteiger partial charge in [-0.2, -0.15) is 0 Å². The predicted octanol–water partition coefficient (Wildman–Crippen LogP) is 2.12. The van der Waals surface area contributed by atoms with Crippen LogP contribution in [0.3, 0.4) is 0 Å². The number of benzene rings is 1. The molecule has 0 aromatic heterocycles. The van der Waals surface area contributed by atoms with Crippen LogP contribution < -0.4 is 9.46 Å². The van der Waals surface area contributed by atoms with Crippen LogP contribution in [0.4, 0.5) is 0 Å². The van der Waals surface area contributed by atoms with E-state index in [0.29, 0.717) is 32.0 Å². The van der Waals surface area contributed by atoms with Gasteiger partial charge in [0.2, 0.25) is 15.9 Å². The molecule has 144 valence electrons. The molecule has 1 aliphatic heterocycles. The van der Waals surface area contributed by atoms with Gasteiger partial charge in [-0.1, -0.05) is 12.1 Å². The van der Waals surface area contributed by atoms with Gasteiger partial charge in [0.1, 0.15) is 5.75 Å². The van der Waals surface area contributed by atoms with E-state index in [-0.39, 0.29) is 23.6 Å². The number of rotatable bonds is 7. The Bertz CT molecular complexity index is 728. The number of likely N-dealkylation sites (tertiary alicyclic amines) is 1. The number of nitrogens with one attached hydrogen (secondary N) is 1. The van der Waals surface area contributed by atoms with E-state index in [1.807, 2.05) is 12.1 Å². The molecule has 26 heavy (non-hydrogen) atoms. The van der Waals surface area contributed by atoms with Crippen molar-refractivity contribution in [2.24, 2.45) is 5.92 Å². The molecule has 7 heteroatoms. The summed E-state index contributed by atoms with van der Waals surface area (Å²) in [5, 5.41) is 0. The largest absolute Gasteiger partial charge is 0.493 e. The Morgan fingerprint density at radius 2 is 1.92 bits per heavy atom. The third-order valence-electron chi connectivity index (χ3n) is 5.28. The highest BCUT2D eigenvalue weighted by atomic mass is 32.2. The molecule has 1 aromatic carbocycles. The first-order valence-corrected chi connectivity index (χ1v) is 11.0. The topological polar surface area (TPSA) is 75.7 Å². The second kappa shape index (κ2) is 7.96. The van der Waals surface area contributed by atoms with E-state index in [9.17, 15) is 13.2 Å². The predicted molar refractivity (Wildman–Crippen MR) is 101 cm³/mol. The number of hydrogen-bond donors (Lipinski definition) is 1. The van der Waals surface area contributed by atoms with Crippen molar-refractivity contribution in [3.05, 3.63) is 29.8 Å². The Hall–Kier alpha value is -1.60. The van der Waals surface area contributed by atoms with Crippen LogP contribution in [0, 0.1) is 5.92 Å². The minimum atomic E-state index is -3.29. The molecule has 1 aromatic rings. The molecule has 1 saturated heterocycles. The molecule has 2 atom stereocenters. The third kappa shape index (κ3) is 4.98. The van der Waals surface area contributed by atoms with Crippen molar-refractivity contribution in [2.45, 2.75) is 45.1 Å². The fraction of sp³-hybridized carbons (Fsp3) is 0.632. The number of piperidine rings is 1. The van der Waals surface area contributed by atoms with Gasteiger partial charge in [-0.25, -0.2) is 13.1 Å². The van der Waals surface area contributed by atoms with Gasteiger partial charge in [-0.05, 0) is 49.8 Å². The quantitative estimate of drug-likeness (QED) is 0.786. The Balaban J connectivity index is 1.63. The highest BCUT2D eigenvalue weighted by Gasteiger charge is 2.33. The first-order valence-electron chi connectivity index (χ1n) is 9.36. The average Bonchev–Trinajstić information content (AvgIpc) is 3.46. The lowest BCUT2D eigenvalue weighted by molar-refractivity contribution is -0.131. The summed E-state index contributed by atoms with van der Waals surface area (Å²) in [6.45, 7) is 4.62. The summed E-state index contributed by atoms with van der Waals surface area (Å²) >= 11 is 0. The van der Waals surface area contributed by atoms with Gasteiger partial charge < -0.3 is 9.64 Å². The maximum Gasteiger partial charge on any atom is 0.219 e. The summed E-state index contributed by atoms with van der Waals surface area (Å²) in [5.41, 5.74) is 1.35. The molecule has 0 spiro atoms.